The number of piperidine rings is 1. The van der Waals surface area contributed by atoms with E-state index in [1.807, 2.05) is 36.4 Å². The predicted octanol–water partition coefficient (Wildman–Crippen LogP) is 3.72. The highest BCUT2D eigenvalue weighted by Crippen LogP contribution is 2.29. The summed E-state index contributed by atoms with van der Waals surface area (Å²) in [5.41, 5.74) is 10.9. The summed E-state index contributed by atoms with van der Waals surface area (Å²) in [4.78, 5) is 15.4. The highest BCUT2D eigenvalue weighted by Gasteiger charge is 2.26. The van der Waals surface area contributed by atoms with Crippen molar-refractivity contribution in [3.05, 3.63) is 83.2 Å². The van der Waals surface area contributed by atoms with Crippen LogP contribution in [-0.4, -0.2) is 62.5 Å². The van der Waals surface area contributed by atoms with E-state index in [9.17, 15) is 4.79 Å². The van der Waals surface area contributed by atoms with Gasteiger partial charge in [0.15, 0.2) is 17.2 Å². The Bertz CT molecular complexity index is 1750. The van der Waals surface area contributed by atoms with Crippen LogP contribution in [-0.2, 0) is 13.2 Å². The molecule has 1 amide bonds. The third-order valence-corrected chi connectivity index (χ3v) is 7.33. The van der Waals surface area contributed by atoms with Crippen molar-refractivity contribution in [3.8, 4) is 17.3 Å². The summed E-state index contributed by atoms with van der Waals surface area (Å²) in [5.74, 6) is 0.843. The fraction of sp³-hybridized carbons (Fsp3) is 0.267. The molecule has 1 aliphatic rings. The molecule has 0 aliphatic carbocycles. The molecule has 2 aromatic heterocycles. The number of nitrogens with zero attached hydrogens (tertiary/aromatic N) is 7. The Balaban J connectivity index is 1.15. The number of methoxy groups -OCH3 is 1. The number of anilines is 1. The third-order valence-electron chi connectivity index (χ3n) is 7.33. The highest BCUT2D eigenvalue weighted by molar-refractivity contribution is 5.94. The molecular formula is C30H31N9O4. The molecule has 43 heavy (non-hydrogen) atoms. The Morgan fingerprint density at radius 2 is 1.91 bits per heavy atom. The number of fused-ring (bicyclic) bond motifs is 1. The molecule has 0 bridgehead atoms. The van der Waals surface area contributed by atoms with Crippen LogP contribution >= 0.6 is 0 Å². The van der Waals surface area contributed by atoms with Gasteiger partial charge in [-0.3, -0.25) is 9.69 Å². The number of nitrogens with one attached hydrogen (secondary N) is 1. The van der Waals surface area contributed by atoms with E-state index in [2.05, 4.69) is 54.3 Å². The molecule has 3 heterocycles. The maximum Gasteiger partial charge on any atom is 0.293 e. The van der Waals surface area contributed by atoms with Gasteiger partial charge in [-0.1, -0.05) is 54.1 Å². The van der Waals surface area contributed by atoms with Crippen LogP contribution < -0.4 is 20.6 Å². The predicted molar refractivity (Wildman–Crippen MR) is 159 cm³/mol. The van der Waals surface area contributed by atoms with Gasteiger partial charge in [0.05, 0.1) is 19.0 Å². The summed E-state index contributed by atoms with van der Waals surface area (Å²) in [6, 6.07) is 19.8. The Kier molecular flexibility index (Phi) is 8.22. The van der Waals surface area contributed by atoms with Crippen LogP contribution in [0.3, 0.4) is 0 Å². The van der Waals surface area contributed by atoms with Crippen LogP contribution in [0.4, 0.5) is 5.82 Å². The number of carbonyl (C=O) groups excluding carboxylic acids is 1. The lowest BCUT2D eigenvalue weighted by Gasteiger charge is -2.26. The summed E-state index contributed by atoms with van der Waals surface area (Å²) >= 11 is 0. The standard InChI is InChI=1S/C30H31N9O4/c1-41-26-16-20(12-13-25(26)42-19-22-10-7-9-21-8-3-4-11-23(21)22)17-32-34-30(40)27-24(18-38-14-5-2-6-15-38)39(37-33-27)29-28(31)35-43-36-29/h3-4,7-13,16-17H,2,5-6,14-15,18-19H2,1H3,(H2,31,35)(H,34,40)/b32-17-. The monoisotopic (exact) mass is 581 g/mol. The zero-order valence-corrected chi connectivity index (χ0v) is 23.6. The summed E-state index contributed by atoms with van der Waals surface area (Å²) in [5, 5.41) is 22.1. The first-order valence-electron chi connectivity index (χ1n) is 14.0. The molecule has 0 atom stereocenters. The SMILES string of the molecule is COc1cc(/C=N\NC(=O)c2nnn(-c3nonc3N)c2CN2CCCCC2)ccc1OCc1cccc2ccccc12. The molecule has 5 aromatic rings. The van der Waals surface area contributed by atoms with Gasteiger partial charge in [0.2, 0.25) is 11.6 Å². The number of ether oxygens (including phenoxy) is 2. The van der Waals surface area contributed by atoms with Crippen molar-refractivity contribution < 1.29 is 18.9 Å². The fourth-order valence-corrected chi connectivity index (χ4v) is 5.13. The van der Waals surface area contributed by atoms with E-state index in [4.69, 9.17) is 19.8 Å². The zero-order chi connectivity index (χ0) is 29.6. The number of aromatic nitrogens is 5. The summed E-state index contributed by atoms with van der Waals surface area (Å²) in [7, 11) is 1.58. The Labute approximate surface area is 247 Å². The van der Waals surface area contributed by atoms with Gasteiger partial charge < -0.3 is 15.2 Å². The van der Waals surface area contributed by atoms with Crippen LogP contribution in [0.1, 0.15) is 46.6 Å². The maximum absolute atomic E-state index is 13.2. The van der Waals surface area contributed by atoms with E-state index >= 15 is 0 Å². The quantitative estimate of drug-likeness (QED) is 0.184. The number of amides is 1. The van der Waals surface area contributed by atoms with E-state index < -0.39 is 5.91 Å². The number of hydrogen-bond acceptors (Lipinski definition) is 11. The van der Waals surface area contributed by atoms with E-state index in [0.29, 0.717) is 35.9 Å². The van der Waals surface area contributed by atoms with Crippen LogP contribution in [0, 0.1) is 0 Å². The van der Waals surface area contributed by atoms with Crippen LogP contribution in [0.15, 0.2) is 70.4 Å². The van der Waals surface area contributed by atoms with E-state index in [0.717, 1.165) is 42.3 Å². The van der Waals surface area contributed by atoms with Crippen LogP contribution in [0.5, 0.6) is 11.5 Å². The summed E-state index contributed by atoms with van der Waals surface area (Å²) in [6.45, 7) is 2.63. The van der Waals surface area contributed by atoms with Crippen LogP contribution in [0.25, 0.3) is 16.6 Å². The lowest BCUT2D eigenvalue weighted by molar-refractivity contribution is 0.0947. The number of hydrazone groups is 1. The minimum absolute atomic E-state index is 0.0493. The number of carbonyl (C=O) groups is 1. The molecule has 1 saturated heterocycles. The van der Waals surface area contributed by atoms with Gasteiger partial charge in [-0.25, -0.2) is 10.1 Å². The molecule has 0 spiro atoms. The number of hydrogen-bond donors (Lipinski definition) is 2. The molecule has 0 radical (unpaired) electrons. The molecule has 13 nitrogen and oxygen atoms in total. The number of nitrogen functional groups attached to an aromatic ring is 1. The number of likely N-dealkylation sites (tertiary alicyclic amines) is 1. The molecule has 1 fully saturated rings. The van der Waals surface area contributed by atoms with Gasteiger partial charge in [0.25, 0.3) is 5.91 Å². The van der Waals surface area contributed by atoms with Crippen molar-refractivity contribution in [2.24, 2.45) is 5.10 Å². The first-order chi connectivity index (χ1) is 21.1. The smallest absolute Gasteiger partial charge is 0.293 e. The van der Waals surface area contributed by atoms with E-state index in [-0.39, 0.29) is 17.3 Å². The van der Waals surface area contributed by atoms with Crippen molar-refractivity contribution in [2.75, 3.05) is 25.9 Å². The largest absolute Gasteiger partial charge is 0.493 e. The summed E-state index contributed by atoms with van der Waals surface area (Å²) in [6.07, 6.45) is 4.86. The molecule has 1 aliphatic heterocycles. The van der Waals surface area contributed by atoms with Gasteiger partial charge in [-0.2, -0.15) is 9.78 Å². The van der Waals surface area contributed by atoms with Crippen molar-refractivity contribution in [3.63, 3.8) is 0 Å². The number of rotatable bonds is 10. The topological polar surface area (TPSA) is 159 Å². The number of benzene rings is 3. The van der Waals surface area contributed by atoms with Crippen molar-refractivity contribution in [1.29, 1.82) is 0 Å². The second-order valence-corrected chi connectivity index (χ2v) is 10.1. The minimum Gasteiger partial charge on any atom is -0.493 e. The van der Waals surface area contributed by atoms with Crippen molar-refractivity contribution in [1.82, 2.24) is 35.6 Å². The average molecular weight is 582 g/mol. The molecule has 3 aromatic carbocycles. The van der Waals surface area contributed by atoms with E-state index in [1.165, 1.54) is 17.3 Å². The Morgan fingerprint density at radius 3 is 2.72 bits per heavy atom. The normalized spacial score (nSPS) is 13.9. The van der Waals surface area contributed by atoms with Gasteiger partial charge >= 0.3 is 0 Å². The lowest BCUT2D eigenvalue weighted by atomic mass is 10.1. The summed E-state index contributed by atoms with van der Waals surface area (Å²) < 4.78 is 17.8. The van der Waals surface area contributed by atoms with E-state index in [1.54, 1.807) is 13.2 Å². The van der Waals surface area contributed by atoms with Gasteiger partial charge in [0, 0.05) is 6.54 Å². The zero-order valence-electron chi connectivity index (χ0n) is 23.6. The molecule has 3 N–H and O–H groups in total. The first kappa shape index (κ1) is 27.8. The number of nitrogens with two attached hydrogens (primary N) is 1. The Hall–Kier alpha value is -5.30. The third kappa shape index (κ3) is 6.16. The fourth-order valence-electron chi connectivity index (χ4n) is 5.13. The van der Waals surface area contributed by atoms with Crippen LogP contribution in [0.2, 0.25) is 0 Å². The average Bonchev–Trinajstić information content (AvgIpc) is 3.66. The van der Waals surface area contributed by atoms with Gasteiger partial charge in [-0.05, 0) is 76.3 Å². The second-order valence-electron chi connectivity index (χ2n) is 10.1. The lowest BCUT2D eigenvalue weighted by Crippen LogP contribution is -2.31. The van der Waals surface area contributed by atoms with Crippen molar-refractivity contribution >= 4 is 28.7 Å². The first-order valence-corrected chi connectivity index (χ1v) is 14.0. The second kappa shape index (κ2) is 12.7. The minimum atomic E-state index is -0.522. The van der Waals surface area contributed by atoms with Gasteiger partial charge in [0.1, 0.15) is 6.61 Å². The molecule has 0 unspecified atom stereocenters. The maximum atomic E-state index is 13.2. The molecule has 13 heteroatoms. The van der Waals surface area contributed by atoms with Gasteiger partial charge in [-0.15, -0.1) is 5.10 Å². The molecule has 220 valence electrons. The molecular weight excluding hydrogens is 550 g/mol. The Morgan fingerprint density at radius 1 is 1.07 bits per heavy atom. The molecule has 6 rings (SSSR count). The molecule has 0 saturated carbocycles. The highest BCUT2D eigenvalue weighted by atomic mass is 16.6. The van der Waals surface area contributed by atoms with Crippen molar-refractivity contribution in [2.45, 2.75) is 32.4 Å².